The zero-order valence-electron chi connectivity index (χ0n) is 14.5. The molecule has 0 atom stereocenters. The van der Waals surface area contributed by atoms with E-state index in [4.69, 9.17) is 4.74 Å². The van der Waals surface area contributed by atoms with Crippen LogP contribution in [0.5, 0.6) is 0 Å². The van der Waals surface area contributed by atoms with Crippen LogP contribution >= 0.6 is 0 Å². The van der Waals surface area contributed by atoms with E-state index in [1.54, 1.807) is 0 Å². The first-order valence-corrected chi connectivity index (χ1v) is 8.27. The van der Waals surface area contributed by atoms with Crippen molar-refractivity contribution in [3.8, 4) is 0 Å². The molecule has 1 fully saturated rings. The van der Waals surface area contributed by atoms with Gasteiger partial charge in [-0.05, 0) is 52.4 Å². The number of halogens is 2. The van der Waals surface area contributed by atoms with Crippen molar-refractivity contribution in [3.05, 3.63) is 0 Å². The third-order valence-electron chi connectivity index (χ3n) is 4.53. The van der Waals surface area contributed by atoms with Gasteiger partial charge >= 0.3 is 11.9 Å². The molecule has 134 valence electrons. The molecule has 23 heavy (non-hydrogen) atoms. The standard InChI is InChI=1S/C17H28F2O4/c1-5-15(2,3)14(21)23-17(9-6-7-10-17)11-8-13(20)22-12-16(4,18)19/h5-12H2,1-4H3. The van der Waals surface area contributed by atoms with Crippen molar-refractivity contribution in [2.24, 2.45) is 5.41 Å². The van der Waals surface area contributed by atoms with Gasteiger partial charge in [-0.15, -0.1) is 0 Å². The summed E-state index contributed by atoms with van der Waals surface area (Å²) in [6.07, 6.45) is 4.24. The lowest BCUT2D eigenvalue weighted by Gasteiger charge is -2.33. The third-order valence-corrected chi connectivity index (χ3v) is 4.53. The summed E-state index contributed by atoms with van der Waals surface area (Å²) in [5.74, 6) is -3.97. The number of hydrogen-bond acceptors (Lipinski definition) is 4. The molecule has 0 amide bonds. The van der Waals surface area contributed by atoms with Gasteiger partial charge in [0.1, 0.15) is 5.60 Å². The van der Waals surface area contributed by atoms with Crippen LogP contribution in [0.15, 0.2) is 0 Å². The van der Waals surface area contributed by atoms with Crippen LogP contribution in [-0.2, 0) is 19.1 Å². The Bertz CT molecular complexity index is 421. The summed E-state index contributed by atoms with van der Waals surface area (Å²) in [5, 5.41) is 0. The molecule has 1 aliphatic carbocycles. The van der Waals surface area contributed by atoms with Crippen molar-refractivity contribution in [2.45, 2.75) is 84.2 Å². The number of carbonyl (C=O) groups is 2. The maximum atomic E-state index is 12.7. The largest absolute Gasteiger partial charge is 0.459 e. The van der Waals surface area contributed by atoms with Gasteiger partial charge in [-0.3, -0.25) is 9.59 Å². The fourth-order valence-corrected chi connectivity index (χ4v) is 2.51. The normalized spacial score (nSPS) is 17.8. The van der Waals surface area contributed by atoms with E-state index in [0.29, 0.717) is 32.6 Å². The Morgan fingerprint density at radius 1 is 1.13 bits per heavy atom. The summed E-state index contributed by atoms with van der Waals surface area (Å²) >= 11 is 0. The molecule has 1 rings (SSSR count). The van der Waals surface area contributed by atoms with Crippen LogP contribution in [0.3, 0.4) is 0 Å². The van der Waals surface area contributed by atoms with Gasteiger partial charge in [0.25, 0.3) is 5.92 Å². The van der Waals surface area contributed by atoms with Crippen LogP contribution in [0, 0.1) is 5.41 Å². The first-order valence-electron chi connectivity index (χ1n) is 8.27. The summed E-state index contributed by atoms with van der Waals surface area (Å²) in [4.78, 5) is 24.0. The van der Waals surface area contributed by atoms with Crippen LogP contribution in [0.25, 0.3) is 0 Å². The second kappa shape index (κ2) is 7.58. The Kier molecular flexibility index (Phi) is 6.54. The van der Waals surface area contributed by atoms with E-state index in [-0.39, 0.29) is 12.4 Å². The summed E-state index contributed by atoms with van der Waals surface area (Å²) < 4.78 is 35.7. The minimum atomic E-state index is -3.03. The molecule has 0 aromatic rings. The Morgan fingerprint density at radius 3 is 2.17 bits per heavy atom. The minimum absolute atomic E-state index is 0.0179. The van der Waals surface area contributed by atoms with Crippen molar-refractivity contribution in [1.29, 1.82) is 0 Å². The second-order valence-corrected chi connectivity index (χ2v) is 7.25. The molecular weight excluding hydrogens is 306 g/mol. The van der Waals surface area contributed by atoms with E-state index in [2.05, 4.69) is 4.74 Å². The molecule has 1 saturated carbocycles. The molecule has 0 aromatic heterocycles. The Hall–Kier alpha value is -1.20. The maximum absolute atomic E-state index is 12.7. The summed E-state index contributed by atoms with van der Waals surface area (Å²) in [6, 6.07) is 0. The zero-order chi connectivity index (χ0) is 17.7. The molecule has 0 spiro atoms. The fourth-order valence-electron chi connectivity index (χ4n) is 2.51. The fraction of sp³-hybridized carbons (Fsp3) is 0.882. The van der Waals surface area contributed by atoms with Gasteiger partial charge in [-0.1, -0.05) is 6.92 Å². The molecule has 0 heterocycles. The van der Waals surface area contributed by atoms with E-state index in [1.165, 1.54) is 0 Å². The van der Waals surface area contributed by atoms with Crippen molar-refractivity contribution < 1.29 is 27.8 Å². The lowest BCUT2D eigenvalue weighted by atomic mass is 9.89. The number of carbonyl (C=O) groups excluding carboxylic acids is 2. The van der Waals surface area contributed by atoms with E-state index >= 15 is 0 Å². The molecule has 0 bridgehead atoms. The number of hydrogen-bond donors (Lipinski definition) is 0. The topological polar surface area (TPSA) is 52.6 Å². The van der Waals surface area contributed by atoms with Gasteiger partial charge in [0.15, 0.2) is 6.61 Å². The van der Waals surface area contributed by atoms with Crippen molar-refractivity contribution >= 4 is 11.9 Å². The molecule has 0 N–H and O–H groups in total. The summed E-state index contributed by atoms with van der Waals surface area (Å²) in [6.45, 7) is 5.37. The molecule has 1 aliphatic rings. The molecular formula is C17H28F2O4. The van der Waals surface area contributed by atoms with Crippen LogP contribution in [0.2, 0.25) is 0 Å². The van der Waals surface area contributed by atoms with Gasteiger partial charge < -0.3 is 9.47 Å². The average Bonchev–Trinajstić information content (AvgIpc) is 2.91. The monoisotopic (exact) mass is 334 g/mol. The van der Waals surface area contributed by atoms with Crippen LogP contribution in [-0.4, -0.2) is 30.1 Å². The summed E-state index contributed by atoms with van der Waals surface area (Å²) in [7, 11) is 0. The Morgan fingerprint density at radius 2 is 1.70 bits per heavy atom. The number of esters is 2. The van der Waals surface area contributed by atoms with Crippen LogP contribution < -0.4 is 0 Å². The average molecular weight is 334 g/mol. The van der Waals surface area contributed by atoms with Crippen molar-refractivity contribution in [1.82, 2.24) is 0 Å². The number of alkyl halides is 2. The van der Waals surface area contributed by atoms with Gasteiger partial charge in [0, 0.05) is 13.3 Å². The molecule has 6 heteroatoms. The zero-order valence-corrected chi connectivity index (χ0v) is 14.5. The highest BCUT2D eigenvalue weighted by atomic mass is 19.3. The Labute approximate surface area is 136 Å². The minimum Gasteiger partial charge on any atom is -0.459 e. The maximum Gasteiger partial charge on any atom is 0.312 e. The van der Waals surface area contributed by atoms with Gasteiger partial charge in [-0.2, -0.15) is 0 Å². The van der Waals surface area contributed by atoms with Crippen molar-refractivity contribution in [2.75, 3.05) is 6.61 Å². The quantitative estimate of drug-likeness (QED) is 0.623. The van der Waals surface area contributed by atoms with E-state index in [0.717, 1.165) is 12.8 Å². The molecule has 0 saturated heterocycles. The van der Waals surface area contributed by atoms with Crippen LogP contribution in [0.4, 0.5) is 8.78 Å². The highest BCUT2D eigenvalue weighted by Crippen LogP contribution is 2.39. The first kappa shape index (κ1) is 19.8. The highest BCUT2D eigenvalue weighted by molar-refractivity contribution is 5.76. The van der Waals surface area contributed by atoms with E-state index in [1.807, 2.05) is 20.8 Å². The van der Waals surface area contributed by atoms with E-state index < -0.39 is 29.5 Å². The lowest BCUT2D eigenvalue weighted by Crippen LogP contribution is -2.38. The third kappa shape index (κ3) is 6.43. The smallest absolute Gasteiger partial charge is 0.312 e. The highest BCUT2D eigenvalue weighted by Gasteiger charge is 2.41. The lowest BCUT2D eigenvalue weighted by molar-refractivity contribution is -0.173. The summed E-state index contributed by atoms with van der Waals surface area (Å²) in [5.41, 5.74) is -1.22. The molecule has 0 aromatic carbocycles. The predicted molar refractivity (Wildman–Crippen MR) is 82.2 cm³/mol. The number of ether oxygens (including phenoxy) is 2. The molecule has 0 unspecified atom stereocenters. The molecule has 0 aliphatic heterocycles. The Balaban J connectivity index is 2.58. The predicted octanol–water partition coefficient (Wildman–Crippen LogP) is 4.26. The SMILES string of the molecule is CCC(C)(C)C(=O)OC1(CCC(=O)OCC(C)(F)F)CCCC1. The molecule has 0 radical (unpaired) electrons. The van der Waals surface area contributed by atoms with Crippen molar-refractivity contribution in [3.63, 3.8) is 0 Å². The van der Waals surface area contributed by atoms with Crippen LogP contribution in [0.1, 0.15) is 72.6 Å². The van der Waals surface area contributed by atoms with E-state index in [9.17, 15) is 18.4 Å². The number of rotatable bonds is 8. The van der Waals surface area contributed by atoms with Gasteiger partial charge in [0.05, 0.1) is 5.41 Å². The van der Waals surface area contributed by atoms with Gasteiger partial charge in [0.2, 0.25) is 0 Å². The second-order valence-electron chi connectivity index (χ2n) is 7.25. The van der Waals surface area contributed by atoms with Gasteiger partial charge in [-0.25, -0.2) is 8.78 Å². The first-order chi connectivity index (χ1) is 10.5. The molecule has 4 nitrogen and oxygen atoms in total.